The molecule has 0 bridgehead atoms. The second-order valence-corrected chi connectivity index (χ2v) is 9.45. The van der Waals surface area contributed by atoms with E-state index in [-0.39, 0.29) is 18.5 Å². The molecule has 2 aromatic rings. The van der Waals surface area contributed by atoms with E-state index in [4.69, 9.17) is 0 Å². The van der Waals surface area contributed by atoms with Crippen LogP contribution in [0, 0.1) is 13.8 Å². The molecule has 1 aliphatic rings. The highest BCUT2D eigenvalue weighted by atomic mass is 32.2. The molecule has 1 atom stereocenters. The van der Waals surface area contributed by atoms with Crippen molar-refractivity contribution in [2.75, 3.05) is 19.3 Å². The first-order valence-corrected chi connectivity index (χ1v) is 11.3. The minimum atomic E-state index is -3.42. The average molecular weight is 402 g/mol. The first-order valence-electron chi connectivity index (χ1n) is 9.48. The van der Waals surface area contributed by atoms with Gasteiger partial charge in [-0.3, -0.25) is 9.78 Å². The smallest absolute Gasteiger partial charge is 0.253 e. The van der Waals surface area contributed by atoms with Crippen LogP contribution in [0.4, 0.5) is 0 Å². The molecule has 0 aliphatic carbocycles. The SMILES string of the molecule is Cc1ccc(C(=O)N2CCCC(N(Cc3cccnc3)S(C)(=O)=O)C2)cc1C. The first-order chi connectivity index (χ1) is 13.3. The third-order valence-electron chi connectivity index (χ3n) is 5.33. The Morgan fingerprint density at radius 3 is 2.68 bits per heavy atom. The van der Waals surface area contributed by atoms with Crippen LogP contribution in [-0.2, 0) is 16.6 Å². The number of carbonyl (C=O) groups excluding carboxylic acids is 1. The maximum atomic E-state index is 13.0. The van der Waals surface area contributed by atoms with E-state index in [0.717, 1.165) is 29.5 Å². The highest BCUT2D eigenvalue weighted by Gasteiger charge is 2.33. The van der Waals surface area contributed by atoms with E-state index in [1.165, 1.54) is 10.6 Å². The van der Waals surface area contributed by atoms with Crippen LogP contribution < -0.4 is 0 Å². The maximum Gasteiger partial charge on any atom is 0.253 e. The maximum absolute atomic E-state index is 13.0. The van der Waals surface area contributed by atoms with E-state index >= 15 is 0 Å². The molecule has 1 aliphatic heterocycles. The quantitative estimate of drug-likeness (QED) is 0.772. The van der Waals surface area contributed by atoms with Gasteiger partial charge in [-0.05, 0) is 61.6 Å². The van der Waals surface area contributed by atoms with Crippen molar-refractivity contribution in [1.82, 2.24) is 14.2 Å². The van der Waals surface area contributed by atoms with Crippen LogP contribution in [0.3, 0.4) is 0 Å². The number of piperidine rings is 1. The summed E-state index contributed by atoms with van der Waals surface area (Å²) in [6.45, 7) is 5.32. The van der Waals surface area contributed by atoms with Crippen molar-refractivity contribution in [3.63, 3.8) is 0 Å². The molecule has 1 amide bonds. The number of rotatable bonds is 5. The number of sulfonamides is 1. The number of benzene rings is 1. The molecule has 0 saturated carbocycles. The summed E-state index contributed by atoms with van der Waals surface area (Å²) >= 11 is 0. The van der Waals surface area contributed by atoms with Crippen LogP contribution in [0.25, 0.3) is 0 Å². The summed E-state index contributed by atoms with van der Waals surface area (Å²) < 4.78 is 26.4. The van der Waals surface area contributed by atoms with E-state index in [0.29, 0.717) is 18.7 Å². The number of carbonyl (C=O) groups is 1. The van der Waals surface area contributed by atoms with Crippen molar-refractivity contribution < 1.29 is 13.2 Å². The number of hydrogen-bond acceptors (Lipinski definition) is 4. The van der Waals surface area contributed by atoms with Gasteiger partial charge >= 0.3 is 0 Å². The Balaban J connectivity index is 1.79. The molecule has 150 valence electrons. The van der Waals surface area contributed by atoms with Crippen LogP contribution in [0.2, 0.25) is 0 Å². The number of nitrogens with zero attached hydrogens (tertiary/aromatic N) is 3. The third kappa shape index (κ3) is 4.77. The van der Waals surface area contributed by atoms with Gasteiger partial charge in [0.05, 0.1) is 6.26 Å². The average Bonchev–Trinajstić information content (AvgIpc) is 2.68. The van der Waals surface area contributed by atoms with E-state index in [9.17, 15) is 13.2 Å². The van der Waals surface area contributed by atoms with Gasteiger partial charge in [-0.15, -0.1) is 0 Å². The molecular formula is C21H27N3O3S. The van der Waals surface area contributed by atoms with E-state index in [1.54, 1.807) is 23.4 Å². The Kier molecular flexibility index (Phi) is 6.15. The highest BCUT2D eigenvalue weighted by molar-refractivity contribution is 7.88. The van der Waals surface area contributed by atoms with Gasteiger partial charge in [0.2, 0.25) is 10.0 Å². The van der Waals surface area contributed by atoms with Crippen molar-refractivity contribution in [2.45, 2.75) is 39.3 Å². The zero-order chi connectivity index (χ0) is 20.3. The largest absolute Gasteiger partial charge is 0.337 e. The third-order valence-corrected chi connectivity index (χ3v) is 6.61. The molecule has 1 aromatic heterocycles. The van der Waals surface area contributed by atoms with Gasteiger partial charge in [-0.2, -0.15) is 4.31 Å². The summed E-state index contributed by atoms with van der Waals surface area (Å²) in [6, 6.07) is 9.14. The summed E-state index contributed by atoms with van der Waals surface area (Å²) in [5, 5.41) is 0. The van der Waals surface area contributed by atoms with Gasteiger partial charge in [0.25, 0.3) is 5.91 Å². The van der Waals surface area contributed by atoms with Gasteiger partial charge in [-0.25, -0.2) is 8.42 Å². The Labute approximate surface area is 167 Å². The Hall–Kier alpha value is -2.25. The lowest BCUT2D eigenvalue weighted by Crippen LogP contribution is -2.51. The minimum Gasteiger partial charge on any atom is -0.337 e. The molecule has 1 saturated heterocycles. The van der Waals surface area contributed by atoms with Gasteiger partial charge in [0.15, 0.2) is 0 Å². The molecule has 1 fully saturated rings. The summed E-state index contributed by atoms with van der Waals surface area (Å²) in [5.41, 5.74) is 3.72. The normalized spacial score (nSPS) is 17.7. The fourth-order valence-corrected chi connectivity index (χ4v) is 4.72. The molecule has 7 heteroatoms. The topological polar surface area (TPSA) is 70.6 Å². The fraction of sp³-hybridized carbons (Fsp3) is 0.429. The van der Waals surface area contributed by atoms with Crippen LogP contribution in [0.5, 0.6) is 0 Å². The van der Waals surface area contributed by atoms with E-state index in [2.05, 4.69) is 4.98 Å². The van der Waals surface area contributed by atoms with E-state index in [1.807, 2.05) is 38.1 Å². The van der Waals surface area contributed by atoms with Crippen LogP contribution in [-0.4, -0.2) is 53.9 Å². The predicted molar refractivity (Wildman–Crippen MR) is 109 cm³/mol. The molecular weight excluding hydrogens is 374 g/mol. The molecule has 2 heterocycles. The molecule has 0 N–H and O–H groups in total. The second kappa shape index (κ2) is 8.41. The number of aryl methyl sites for hydroxylation is 2. The molecule has 1 unspecified atom stereocenters. The van der Waals surface area contributed by atoms with Gasteiger partial charge in [0, 0.05) is 43.6 Å². The van der Waals surface area contributed by atoms with Crippen molar-refractivity contribution in [3.8, 4) is 0 Å². The lowest BCUT2D eigenvalue weighted by molar-refractivity contribution is 0.0650. The van der Waals surface area contributed by atoms with Gasteiger partial charge in [-0.1, -0.05) is 12.1 Å². The van der Waals surface area contributed by atoms with Crippen LogP contribution >= 0.6 is 0 Å². The van der Waals surface area contributed by atoms with Crippen LogP contribution in [0.1, 0.15) is 39.9 Å². The molecule has 0 radical (unpaired) electrons. The number of likely N-dealkylation sites (tertiary alicyclic amines) is 1. The van der Waals surface area contributed by atoms with Crippen molar-refractivity contribution in [3.05, 3.63) is 65.0 Å². The van der Waals surface area contributed by atoms with E-state index < -0.39 is 10.0 Å². The molecule has 1 aromatic carbocycles. The summed E-state index contributed by atoms with van der Waals surface area (Å²) in [6.07, 6.45) is 6.09. The zero-order valence-corrected chi connectivity index (χ0v) is 17.4. The van der Waals surface area contributed by atoms with Crippen molar-refractivity contribution >= 4 is 15.9 Å². The first kappa shape index (κ1) is 20.5. The minimum absolute atomic E-state index is 0.0392. The molecule has 28 heavy (non-hydrogen) atoms. The Morgan fingerprint density at radius 1 is 1.25 bits per heavy atom. The number of amides is 1. The summed E-state index contributed by atoms with van der Waals surface area (Å²) in [5.74, 6) is -0.0392. The van der Waals surface area contributed by atoms with Crippen molar-refractivity contribution in [2.24, 2.45) is 0 Å². The van der Waals surface area contributed by atoms with Crippen LogP contribution in [0.15, 0.2) is 42.7 Å². The van der Waals surface area contributed by atoms with Crippen molar-refractivity contribution in [1.29, 1.82) is 0 Å². The fourth-order valence-electron chi connectivity index (χ4n) is 3.62. The van der Waals surface area contributed by atoms with Gasteiger partial charge < -0.3 is 4.90 Å². The second-order valence-electron chi connectivity index (χ2n) is 7.52. The zero-order valence-electron chi connectivity index (χ0n) is 16.6. The predicted octanol–water partition coefficient (Wildman–Crippen LogP) is 2.76. The molecule has 0 spiro atoms. The standard InChI is InChI=1S/C21H27N3O3S/c1-16-8-9-19(12-17(16)2)21(25)23-11-5-7-20(15-23)24(28(3,26)27)14-18-6-4-10-22-13-18/h4,6,8-10,12-13,20H,5,7,11,14-15H2,1-3H3. The molecule has 3 rings (SSSR count). The Morgan fingerprint density at radius 2 is 2.04 bits per heavy atom. The number of hydrogen-bond donors (Lipinski definition) is 0. The lowest BCUT2D eigenvalue weighted by Gasteiger charge is -2.38. The molecule has 6 nitrogen and oxygen atoms in total. The number of pyridine rings is 1. The highest BCUT2D eigenvalue weighted by Crippen LogP contribution is 2.23. The lowest BCUT2D eigenvalue weighted by atomic mass is 10.0. The Bertz CT molecular complexity index is 945. The monoisotopic (exact) mass is 401 g/mol. The summed E-state index contributed by atoms with van der Waals surface area (Å²) in [4.78, 5) is 18.8. The summed E-state index contributed by atoms with van der Waals surface area (Å²) in [7, 11) is -3.42. The van der Waals surface area contributed by atoms with Gasteiger partial charge in [0.1, 0.15) is 0 Å². The number of aromatic nitrogens is 1.